The third-order valence-corrected chi connectivity index (χ3v) is 5.72. The molecule has 0 aromatic carbocycles. The Kier molecular flexibility index (Phi) is 3.16. The zero-order valence-electron chi connectivity index (χ0n) is 11.1. The van der Waals surface area contributed by atoms with E-state index in [1.54, 1.807) is 11.3 Å². The van der Waals surface area contributed by atoms with Gasteiger partial charge in [-0.3, -0.25) is 4.90 Å². The van der Waals surface area contributed by atoms with Gasteiger partial charge in [0.25, 0.3) is 0 Å². The molecule has 3 rings (SSSR count). The SMILES string of the molecule is CC[C@]1(CO)C[C@H]2CC[C@@H]1N2Cc1nnc(C)s1. The van der Waals surface area contributed by atoms with Gasteiger partial charge in [-0.15, -0.1) is 21.5 Å². The number of aliphatic hydroxyl groups is 1. The lowest BCUT2D eigenvalue weighted by molar-refractivity contribution is 0.0713. The zero-order valence-corrected chi connectivity index (χ0v) is 11.9. The van der Waals surface area contributed by atoms with Crippen LogP contribution in [0, 0.1) is 12.3 Å². The van der Waals surface area contributed by atoms with Gasteiger partial charge >= 0.3 is 0 Å². The summed E-state index contributed by atoms with van der Waals surface area (Å²) in [5.74, 6) is 0. The molecule has 0 saturated carbocycles. The van der Waals surface area contributed by atoms with E-state index >= 15 is 0 Å². The van der Waals surface area contributed by atoms with Gasteiger partial charge in [0.15, 0.2) is 0 Å². The van der Waals surface area contributed by atoms with Crippen LogP contribution in [0.4, 0.5) is 0 Å². The van der Waals surface area contributed by atoms with E-state index in [1.165, 1.54) is 12.8 Å². The number of aryl methyl sites for hydroxylation is 1. The molecule has 0 unspecified atom stereocenters. The second kappa shape index (κ2) is 4.54. The number of hydrogen-bond acceptors (Lipinski definition) is 5. The number of hydrogen-bond donors (Lipinski definition) is 1. The fourth-order valence-corrected chi connectivity index (χ4v) is 4.60. The quantitative estimate of drug-likeness (QED) is 0.906. The van der Waals surface area contributed by atoms with Gasteiger partial charge in [0.2, 0.25) is 0 Å². The van der Waals surface area contributed by atoms with Gasteiger partial charge in [-0.25, -0.2) is 0 Å². The van der Waals surface area contributed by atoms with Crippen molar-refractivity contribution in [3.8, 4) is 0 Å². The third-order valence-electron chi connectivity index (χ3n) is 4.90. The molecule has 2 aliphatic heterocycles. The van der Waals surface area contributed by atoms with Gasteiger partial charge in [0.1, 0.15) is 10.0 Å². The molecule has 3 heterocycles. The Hall–Kier alpha value is -0.520. The molecule has 2 bridgehead atoms. The molecule has 0 radical (unpaired) electrons. The molecule has 0 amide bonds. The Bertz CT molecular complexity index is 430. The van der Waals surface area contributed by atoms with Crippen LogP contribution in [0.2, 0.25) is 0 Å². The monoisotopic (exact) mass is 267 g/mol. The van der Waals surface area contributed by atoms with Crippen LogP contribution in [0.25, 0.3) is 0 Å². The topological polar surface area (TPSA) is 49.2 Å². The Morgan fingerprint density at radius 2 is 2.28 bits per heavy atom. The molecular weight excluding hydrogens is 246 g/mol. The average molecular weight is 267 g/mol. The van der Waals surface area contributed by atoms with Crippen molar-refractivity contribution in [3.63, 3.8) is 0 Å². The Morgan fingerprint density at radius 3 is 2.83 bits per heavy atom. The average Bonchev–Trinajstić information content (AvgIpc) is 3.04. The van der Waals surface area contributed by atoms with E-state index in [0.29, 0.717) is 18.7 Å². The predicted octanol–water partition coefficient (Wildman–Crippen LogP) is 1.97. The minimum atomic E-state index is 0.142. The molecule has 100 valence electrons. The minimum absolute atomic E-state index is 0.142. The minimum Gasteiger partial charge on any atom is -0.396 e. The summed E-state index contributed by atoms with van der Waals surface area (Å²) in [6, 6.07) is 1.19. The van der Waals surface area contributed by atoms with Gasteiger partial charge in [-0.2, -0.15) is 0 Å². The van der Waals surface area contributed by atoms with E-state index in [4.69, 9.17) is 0 Å². The highest BCUT2D eigenvalue weighted by Gasteiger charge is 2.54. The van der Waals surface area contributed by atoms with Crippen molar-refractivity contribution in [2.75, 3.05) is 6.61 Å². The number of rotatable bonds is 4. The molecule has 3 atom stereocenters. The number of aromatic nitrogens is 2. The summed E-state index contributed by atoms with van der Waals surface area (Å²) in [6.45, 7) is 5.47. The normalized spacial score (nSPS) is 35.5. The van der Waals surface area contributed by atoms with Crippen LogP contribution in [0.3, 0.4) is 0 Å². The summed E-state index contributed by atoms with van der Waals surface area (Å²) < 4.78 is 0. The molecule has 2 saturated heterocycles. The van der Waals surface area contributed by atoms with Crippen molar-refractivity contribution in [3.05, 3.63) is 10.0 Å². The Morgan fingerprint density at radius 1 is 1.44 bits per heavy atom. The molecule has 4 nitrogen and oxygen atoms in total. The number of fused-ring (bicyclic) bond motifs is 2. The van der Waals surface area contributed by atoms with Gasteiger partial charge < -0.3 is 5.11 Å². The Labute approximate surface area is 112 Å². The smallest absolute Gasteiger partial charge is 0.131 e. The molecule has 5 heteroatoms. The third kappa shape index (κ3) is 1.80. The summed E-state index contributed by atoms with van der Waals surface area (Å²) >= 11 is 1.70. The summed E-state index contributed by atoms with van der Waals surface area (Å²) in [4.78, 5) is 2.57. The van der Waals surface area contributed by atoms with Gasteiger partial charge in [-0.05, 0) is 32.6 Å². The van der Waals surface area contributed by atoms with E-state index in [-0.39, 0.29) is 5.41 Å². The lowest BCUT2D eigenvalue weighted by atomic mass is 9.72. The highest BCUT2D eigenvalue weighted by atomic mass is 32.1. The fourth-order valence-electron chi connectivity index (χ4n) is 3.88. The van der Waals surface area contributed by atoms with Gasteiger partial charge in [-0.1, -0.05) is 6.92 Å². The number of aliphatic hydroxyl groups excluding tert-OH is 1. The van der Waals surface area contributed by atoms with Crippen molar-refractivity contribution in [1.82, 2.24) is 15.1 Å². The van der Waals surface area contributed by atoms with E-state index in [2.05, 4.69) is 22.0 Å². The standard InChI is InChI=1S/C13H21N3OS/c1-3-13(8-17)6-10-4-5-11(13)16(10)7-12-15-14-9(2)18-12/h10-11,17H,3-8H2,1-2H3/t10-,11+,13-/m1/s1. The van der Waals surface area contributed by atoms with Crippen molar-refractivity contribution < 1.29 is 5.11 Å². The van der Waals surface area contributed by atoms with E-state index in [0.717, 1.165) is 29.4 Å². The largest absolute Gasteiger partial charge is 0.396 e. The van der Waals surface area contributed by atoms with Crippen LogP contribution in [-0.4, -0.2) is 38.9 Å². The molecule has 2 fully saturated rings. The lowest BCUT2D eigenvalue weighted by Crippen LogP contribution is -2.39. The van der Waals surface area contributed by atoms with Gasteiger partial charge in [0.05, 0.1) is 13.2 Å². The maximum absolute atomic E-state index is 9.77. The van der Waals surface area contributed by atoms with E-state index in [1.807, 2.05) is 6.92 Å². The van der Waals surface area contributed by atoms with Crippen LogP contribution in [-0.2, 0) is 6.54 Å². The molecule has 2 aliphatic rings. The first-order valence-electron chi connectivity index (χ1n) is 6.84. The fraction of sp³-hybridized carbons (Fsp3) is 0.846. The van der Waals surface area contributed by atoms with E-state index < -0.39 is 0 Å². The van der Waals surface area contributed by atoms with Crippen molar-refractivity contribution in [2.24, 2.45) is 5.41 Å². The maximum atomic E-state index is 9.77. The highest BCUT2D eigenvalue weighted by molar-refractivity contribution is 7.11. The first-order valence-corrected chi connectivity index (χ1v) is 7.66. The summed E-state index contributed by atoms with van der Waals surface area (Å²) in [6.07, 6.45) is 4.75. The van der Waals surface area contributed by atoms with Crippen LogP contribution < -0.4 is 0 Å². The van der Waals surface area contributed by atoms with E-state index in [9.17, 15) is 5.11 Å². The lowest BCUT2D eigenvalue weighted by Gasteiger charge is -2.35. The second-order valence-electron chi connectivity index (χ2n) is 5.71. The molecule has 1 N–H and O–H groups in total. The molecular formula is C13H21N3OS. The Balaban J connectivity index is 1.78. The zero-order chi connectivity index (χ0) is 12.8. The van der Waals surface area contributed by atoms with Crippen LogP contribution >= 0.6 is 11.3 Å². The first-order chi connectivity index (χ1) is 8.68. The summed E-state index contributed by atoms with van der Waals surface area (Å²) in [5, 5.41) is 20.3. The molecule has 18 heavy (non-hydrogen) atoms. The summed E-state index contributed by atoms with van der Waals surface area (Å²) in [5.41, 5.74) is 0.142. The van der Waals surface area contributed by atoms with Crippen molar-refractivity contribution >= 4 is 11.3 Å². The van der Waals surface area contributed by atoms with Crippen molar-refractivity contribution in [2.45, 2.75) is 58.2 Å². The first kappa shape index (κ1) is 12.5. The molecule has 1 aromatic rings. The molecule has 1 aromatic heterocycles. The van der Waals surface area contributed by atoms with Crippen LogP contribution in [0.1, 0.15) is 42.6 Å². The highest BCUT2D eigenvalue weighted by Crippen LogP contribution is 2.51. The second-order valence-corrected chi connectivity index (χ2v) is 6.98. The van der Waals surface area contributed by atoms with Crippen LogP contribution in [0.5, 0.6) is 0 Å². The van der Waals surface area contributed by atoms with Crippen LogP contribution in [0.15, 0.2) is 0 Å². The molecule has 0 aliphatic carbocycles. The number of nitrogens with zero attached hydrogens (tertiary/aromatic N) is 3. The van der Waals surface area contributed by atoms with Gasteiger partial charge in [0, 0.05) is 17.5 Å². The molecule has 0 spiro atoms. The van der Waals surface area contributed by atoms with Crippen molar-refractivity contribution in [1.29, 1.82) is 0 Å². The maximum Gasteiger partial charge on any atom is 0.131 e. The summed E-state index contributed by atoms with van der Waals surface area (Å²) in [7, 11) is 0. The predicted molar refractivity (Wildman–Crippen MR) is 71.4 cm³/mol.